The van der Waals surface area contributed by atoms with Gasteiger partial charge in [-0.15, -0.1) is 0 Å². The van der Waals surface area contributed by atoms with Crippen LogP contribution < -0.4 is 0 Å². The van der Waals surface area contributed by atoms with Crippen molar-refractivity contribution >= 4 is 0 Å². The van der Waals surface area contributed by atoms with E-state index in [1.807, 2.05) is 13.8 Å². The van der Waals surface area contributed by atoms with E-state index in [4.69, 9.17) is 4.74 Å². The van der Waals surface area contributed by atoms with Crippen LogP contribution >= 0.6 is 0 Å². The van der Waals surface area contributed by atoms with Crippen LogP contribution in [0.25, 0.3) is 0 Å². The van der Waals surface area contributed by atoms with Crippen LogP contribution in [0.2, 0.25) is 0 Å². The number of ether oxygens (including phenoxy) is 1. The molecule has 1 saturated heterocycles. The molecule has 21 heavy (non-hydrogen) atoms. The second-order valence-corrected chi connectivity index (χ2v) is 4.41. The van der Waals surface area contributed by atoms with Gasteiger partial charge < -0.3 is 4.74 Å². The Bertz CT molecular complexity index is 374. The summed E-state index contributed by atoms with van der Waals surface area (Å²) in [6.07, 6.45) is -4.22. The summed E-state index contributed by atoms with van der Waals surface area (Å²) in [7, 11) is 0. The summed E-state index contributed by atoms with van der Waals surface area (Å²) in [5.41, 5.74) is 0.0392. The second kappa shape index (κ2) is 10.6. The van der Waals surface area contributed by atoms with E-state index in [-0.39, 0.29) is 0 Å². The van der Waals surface area contributed by atoms with Crippen LogP contribution in [0, 0.1) is 6.92 Å². The van der Waals surface area contributed by atoms with Crippen molar-refractivity contribution in [2.75, 3.05) is 32.8 Å². The summed E-state index contributed by atoms with van der Waals surface area (Å²) in [5, 5.41) is 0. The monoisotopic (exact) mass is 305 g/mol. The molecule has 0 unspecified atom stereocenters. The largest absolute Gasteiger partial charge is 0.416 e. The first-order chi connectivity index (χ1) is 9.93. The number of alkyl halides is 3. The number of hydrogen-bond acceptors (Lipinski definition) is 2. The van der Waals surface area contributed by atoms with Crippen LogP contribution in [-0.2, 0) is 10.9 Å². The van der Waals surface area contributed by atoms with Crippen LogP contribution in [0.15, 0.2) is 24.3 Å². The van der Waals surface area contributed by atoms with Gasteiger partial charge in [0, 0.05) is 13.1 Å². The smallest absolute Gasteiger partial charge is 0.379 e. The van der Waals surface area contributed by atoms with Gasteiger partial charge in [-0.25, -0.2) is 0 Å². The third-order valence-corrected chi connectivity index (χ3v) is 2.90. The molecule has 0 aliphatic carbocycles. The van der Waals surface area contributed by atoms with Crippen molar-refractivity contribution in [1.29, 1.82) is 0 Å². The van der Waals surface area contributed by atoms with E-state index >= 15 is 0 Å². The topological polar surface area (TPSA) is 12.5 Å². The van der Waals surface area contributed by atoms with Gasteiger partial charge in [0.25, 0.3) is 0 Å². The van der Waals surface area contributed by atoms with Crippen molar-refractivity contribution in [3.8, 4) is 0 Å². The van der Waals surface area contributed by atoms with E-state index in [0.29, 0.717) is 5.56 Å². The number of benzene rings is 1. The Morgan fingerprint density at radius 1 is 1.14 bits per heavy atom. The lowest BCUT2D eigenvalue weighted by Gasteiger charge is -2.24. The number of nitrogens with zero attached hydrogens (tertiary/aromatic N) is 1. The van der Waals surface area contributed by atoms with Crippen LogP contribution in [0.4, 0.5) is 13.2 Å². The maximum atomic E-state index is 12.0. The van der Waals surface area contributed by atoms with Gasteiger partial charge in [-0.3, -0.25) is 4.90 Å². The quantitative estimate of drug-likeness (QED) is 0.763. The highest BCUT2D eigenvalue weighted by atomic mass is 19.4. The van der Waals surface area contributed by atoms with Crippen molar-refractivity contribution in [2.45, 2.75) is 33.9 Å². The van der Waals surface area contributed by atoms with Crippen LogP contribution in [-0.4, -0.2) is 37.7 Å². The number of likely N-dealkylation sites (N-methyl/N-ethyl adjacent to an activating group) is 1. The Morgan fingerprint density at radius 3 is 2.05 bits per heavy atom. The van der Waals surface area contributed by atoms with E-state index in [1.165, 1.54) is 12.6 Å². The molecule has 0 aromatic heterocycles. The molecule has 0 radical (unpaired) electrons. The maximum absolute atomic E-state index is 12.0. The van der Waals surface area contributed by atoms with Crippen molar-refractivity contribution in [2.24, 2.45) is 0 Å². The minimum Gasteiger partial charge on any atom is -0.379 e. The van der Waals surface area contributed by atoms with Crippen LogP contribution in [0.3, 0.4) is 0 Å². The zero-order chi connectivity index (χ0) is 16.3. The summed E-state index contributed by atoms with van der Waals surface area (Å²) < 4.78 is 41.1. The number of rotatable bonds is 1. The van der Waals surface area contributed by atoms with Crippen LogP contribution in [0.1, 0.15) is 31.9 Å². The lowest BCUT2D eigenvalue weighted by Crippen LogP contribution is -2.35. The maximum Gasteiger partial charge on any atom is 0.416 e. The minimum atomic E-state index is -4.22. The number of hydrogen-bond donors (Lipinski definition) is 0. The molecule has 0 N–H and O–H groups in total. The Labute approximate surface area is 125 Å². The molecule has 0 bridgehead atoms. The fourth-order valence-electron chi connectivity index (χ4n) is 1.74. The van der Waals surface area contributed by atoms with Crippen molar-refractivity contribution < 1.29 is 17.9 Å². The standard InChI is InChI=1S/C8H7F3.C6H13NO.C2H6/c1-6-3-2-4-7(5-6)8(9,10)11;1-2-7-3-5-8-6-4-7;1-2/h2-5H,1H3;2-6H2,1H3;1-2H3. The van der Waals surface area contributed by atoms with E-state index in [0.717, 1.165) is 38.4 Å². The minimum absolute atomic E-state index is 0.586. The Kier molecular flexibility index (Phi) is 10.1. The molecule has 1 aliphatic rings. The molecule has 1 aromatic rings. The lowest BCUT2D eigenvalue weighted by molar-refractivity contribution is -0.137. The summed E-state index contributed by atoms with van der Waals surface area (Å²) in [6.45, 7) is 13.1. The van der Waals surface area contributed by atoms with Gasteiger partial charge in [-0.2, -0.15) is 13.2 Å². The molecular weight excluding hydrogens is 279 g/mol. The molecule has 2 nitrogen and oxygen atoms in total. The molecule has 0 saturated carbocycles. The van der Waals surface area contributed by atoms with E-state index in [9.17, 15) is 13.2 Å². The highest BCUT2D eigenvalue weighted by Gasteiger charge is 2.29. The first-order valence-corrected chi connectivity index (χ1v) is 7.37. The molecule has 122 valence electrons. The average Bonchev–Trinajstić information content (AvgIpc) is 2.50. The molecule has 0 atom stereocenters. The van der Waals surface area contributed by atoms with Crippen molar-refractivity contribution in [1.82, 2.24) is 4.90 Å². The van der Waals surface area contributed by atoms with Crippen molar-refractivity contribution in [3.63, 3.8) is 0 Å². The van der Waals surface area contributed by atoms with Gasteiger partial charge in [0.05, 0.1) is 18.8 Å². The molecule has 0 amide bonds. The zero-order valence-corrected chi connectivity index (χ0v) is 13.3. The SMILES string of the molecule is CC.CCN1CCOCC1.Cc1cccc(C(F)(F)F)c1. The predicted octanol–water partition coefficient (Wildman–Crippen LogP) is 4.38. The first-order valence-electron chi connectivity index (χ1n) is 7.37. The fraction of sp³-hybridized carbons (Fsp3) is 0.625. The molecule has 1 fully saturated rings. The van der Waals surface area contributed by atoms with Gasteiger partial charge in [0.15, 0.2) is 0 Å². The second-order valence-electron chi connectivity index (χ2n) is 4.41. The summed E-state index contributed by atoms with van der Waals surface area (Å²) in [5.74, 6) is 0. The van der Waals surface area contributed by atoms with Crippen molar-refractivity contribution in [3.05, 3.63) is 35.4 Å². The first kappa shape index (κ1) is 19.9. The number of halogens is 3. The molecule has 2 rings (SSSR count). The van der Waals surface area contributed by atoms with Gasteiger partial charge in [0.1, 0.15) is 0 Å². The van der Waals surface area contributed by atoms with Gasteiger partial charge in [0.2, 0.25) is 0 Å². The van der Waals surface area contributed by atoms with Gasteiger partial charge in [-0.05, 0) is 19.5 Å². The lowest BCUT2D eigenvalue weighted by atomic mass is 10.1. The molecule has 1 heterocycles. The summed E-state index contributed by atoms with van der Waals surface area (Å²) in [6, 6.07) is 5.22. The molecule has 1 aromatic carbocycles. The van der Waals surface area contributed by atoms with Gasteiger partial charge in [-0.1, -0.05) is 44.5 Å². The molecule has 1 aliphatic heterocycles. The zero-order valence-electron chi connectivity index (χ0n) is 13.3. The number of aryl methyl sites for hydroxylation is 1. The highest BCUT2D eigenvalue weighted by molar-refractivity contribution is 5.24. The third-order valence-electron chi connectivity index (χ3n) is 2.90. The fourth-order valence-corrected chi connectivity index (χ4v) is 1.74. The summed E-state index contributed by atoms with van der Waals surface area (Å²) >= 11 is 0. The van der Waals surface area contributed by atoms with Gasteiger partial charge >= 0.3 is 6.18 Å². The Balaban J connectivity index is 0.000000354. The highest BCUT2D eigenvalue weighted by Crippen LogP contribution is 2.29. The van der Waals surface area contributed by atoms with E-state index in [2.05, 4.69) is 11.8 Å². The van der Waals surface area contributed by atoms with E-state index < -0.39 is 11.7 Å². The summed E-state index contributed by atoms with van der Waals surface area (Å²) in [4.78, 5) is 2.39. The van der Waals surface area contributed by atoms with E-state index in [1.54, 1.807) is 13.0 Å². The number of morpholine rings is 1. The molecule has 5 heteroatoms. The average molecular weight is 305 g/mol. The Morgan fingerprint density at radius 2 is 1.71 bits per heavy atom. The molecular formula is C16H26F3NO. The normalized spacial score (nSPS) is 15.4. The molecule has 0 spiro atoms. The third kappa shape index (κ3) is 8.73. The van der Waals surface area contributed by atoms with Crippen LogP contribution in [0.5, 0.6) is 0 Å². The predicted molar refractivity (Wildman–Crippen MR) is 80.5 cm³/mol. The Hall–Kier alpha value is -1.07.